The van der Waals surface area contributed by atoms with Gasteiger partial charge in [0.25, 0.3) is 0 Å². The summed E-state index contributed by atoms with van der Waals surface area (Å²) in [5.41, 5.74) is 2.85. The van der Waals surface area contributed by atoms with Gasteiger partial charge in [-0.1, -0.05) is 48.0 Å². The number of benzene rings is 2. The second-order valence-corrected chi connectivity index (χ2v) is 4.76. The summed E-state index contributed by atoms with van der Waals surface area (Å²) in [6.45, 7) is 0. The van der Waals surface area contributed by atoms with Crippen LogP contribution in [0, 0.1) is 0 Å². The van der Waals surface area contributed by atoms with Crippen molar-refractivity contribution in [3.8, 4) is 11.1 Å². The van der Waals surface area contributed by atoms with Crippen molar-refractivity contribution in [2.75, 3.05) is 5.88 Å². The first-order chi connectivity index (χ1) is 8.70. The molecule has 0 aliphatic heterocycles. The number of rotatable bonds is 4. The molecule has 0 N–H and O–H groups in total. The van der Waals surface area contributed by atoms with Gasteiger partial charge in [-0.2, -0.15) is 0 Å². The molecule has 0 spiro atoms. The summed E-state index contributed by atoms with van der Waals surface area (Å²) in [4.78, 5) is 11.6. The Morgan fingerprint density at radius 1 is 0.889 bits per heavy atom. The summed E-state index contributed by atoms with van der Waals surface area (Å²) in [5, 5.41) is 0.715. The van der Waals surface area contributed by atoms with Crippen LogP contribution in [0.15, 0.2) is 48.5 Å². The van der Waals surface area contributed by atoms with Crippen LogP contribution < -0.4 is 0 Å². The van der Waals surface area contributed by atoms with E-state index < -0.39 is 0 Å². The second-order valence-electron chi connectivity index (χ2n) is 3.95. The molecule has 2 aromatic carbocycles. The third-order valence-corrected chi connectivity index (χ3v) is 3.15. The molecule has 0 aliphatic carbocycles. The molecule has 0 aliphatic rings. The molecule has 0 saturated carbocycles. The van der Waals surface area contributed by atoms with Crippen LogP contribution in [-0.4, -0.2) is 11.7 Å². The first kappa shape index (κ1) is 13.1. The molecule has 0 radical (unpaired) electrons. The van der Waals surface area contributed by atoms with E-state index in [-0.39, 0.29) is 5.78 Å². The van der Waals surface area contributed by atoms with Gasteiger partial charge in [0.15, 0.2) is 5.78 Å². The zero-order chi connectivity index (χ0) is 13.0. The van der Waals surface area contributed by atoms with Gasteiger partial charge in [0.05, 0.1) is 0 Å². The molecule has 0 saturated heterocycles. The van der Waals surface area contributed by atoms with Crippen LogP contribution in [0.5, 0.6) is 0 Å². The Morgan fingerprint density at radius 2 is 1.39 bits per heavy atom. The predicted octanol–water partition coefficient (Wildman–Crippen LogP) is 4.82. The molecule has 0 bridgehead atoms. The molecule has 18 heavy (non-hydrogen) atoms. The maximum atomic E-state index is 11.6. The highest BCUT2D eigenvalue weighted by molar-refractivity contribution is 6.30. The Balaban J connectivity index is 2.22. The Bertz CT molecular complexity index is 529. The standard InChI is InChI=1S/C15H12Cl2O/c16-10-9-15(18)13-3-1-11(2-4-13)12-5-7-14(17)8-6-12/h1-8H,9-10H2. The average Bonchev–Trinajstić information content (AvgIpc) is 2.40. The number of carbonyl (C=O) groups excluding carboxylic acids is 1. The van der Waals surface area contributed by atoms with Crippen LogP contribution in [0.3, 0.4) is 0 Å². The number of Topliss-reactive ketones (excluding diaryl/α,β-unsaturated/α-hetero) is 1. The van der Waals surface area contributed by atoms with E-state index in [0.29, 0.717) is 22.9 Å². The third-order valence-electron chi connectivity index (χ3n) is 2.71. The molecule has 0 aromatic heterocycles. The number of carbonyl (C=O) groups is 1. The van der Waals surface area contributed by atoms with Crippen molar-refractivity contribution in [3.05, 3.63) is 59.1 Å². The normalized spacial score (nSPS) is 10.3. The summed E-state index contributed by atoms with van der Waals surface area (Å²) in [6.07, 6.45) is 0.377. The Hall–Kier alpha value is -1.31. The van der Waals surface area contributed by atoms with Gasteiger partial charge in [-0.3, -0.25) is 4.79 Å². The van der Waals surface area contributed by atoms with E-state index in [0.717, 1.165) is 11.1 Å². The van der Waals surface area contributed by atoms with Gasteiger partial charge in [0, 0.05) is 22.9 Å². The van der Waals surface area contributed by atoms with Gasteiger partial charge in [0.1, 0.15) is 0 Å². The molecule has 2 aromatic rings. The van der Waals surface area contributed by atoms with E-state index >= 15 is 0 Å². The predicted molar refractivity (Wildman–Crippen MR) is 76.6 cm³/mol. The van der Waals surface area contributed by atoms with Crippen molar-refractivity contribution in [1.29, 1.82) is 0 Å². The lowest BCUT2D eigenvalue weighted by atomic mass is 10.0. The molecule has 1 nitrogen and oxygen atoms in total. The summed E-state index contributed by atoms with van der Waals surface area (Å²) in [6, 6.07) is 15.1. The first-order valence-corrected chi connectivity index (χ1v) is 6.57. The molecule has 0 atom stereocenters. The summed E-state index contributed by atoms with van der Waals surface area (Å²) >= 11 is 11.4. The van der Waals surface area contributed by atoms with Gasteiger partial charge >= 0.3 is 0 Å². The molecular formula is C15H12Cl2O. The maximum Gasteiger partial charge on any atom is 0.164 e. The fourth-order valence-electron chi connectivity index (χ4n) is 1.72. The van der Waals surface area contributed by atoms with Crippen LogP contribution in [-0.2, 0) is 0 Å². The lowest BCUT2D eigenvalue weighted by Gasteiger charge is -2.03. The van der Waals surface area contributed by atoms with Crippen LogP contribution >= 0.6 is 23.2 Å². The number of hydrogen-bond acceptors (Lipinski definition) is 1. The fourth-order valence-corrected chi connectivity index (χ4v) is 2.02. The third kappa shape index (κ3) is 3.12. The minimum Gasteiger partial charge on any atom is -0.294 e. The first-order valence-electron chi connectivity index (χ1n) is 5.66. The molecule has 3 heteroatoms. The molecule has 0 unspecified atom stereocenters. The Kier molecular flexibility index (Phi) is 4.40. The van der Waals surface area contributed by atoms with Crippen molar-refractivity contribution >= 4 is 29.0 Å². The molecule has 0 heterocycles. The summed E-state index contributed by atoms with van der Waals surface area (Å²) in [5.74, 6) is 0.435. The van der Waals surface area contributed by atoms with E-state index in [4.69, 9.17) is 23.2 Å². The Morgan fingerprint density at radius 3 is 1.89 bits per heavy atom. The van der Waals surface area contributed by atoms with Gasteiger partial charge in [0.2, 0.25) is 0 Å². The largest absolute Gasteiger partial charge is 0.294 e. The highest BCUT2D eigenvalue weighted by atomic mass is 35.5. The minimum atomic E-state index is 0.0765. The van der Waals surface area contributed by atoms with E-state index in [1.807, 2.05) is 48.5 Å². The SMILES string of the molecule is O=C(CCCl)c1ccc(-c2ccc(Cl)cc2)cc1. The van der Waals surface area contributed by atoms with Crippen LogP contribution in [0.1, 0.15) is 16.8 Å². The molecule has 0 fully saturated rings. The average molecular weight is 279 g/mol. The molecule has 0 amide bonds. The van der Waals surface area contributed by atoms with Crippen molar-refractivity contribution in [2.45, 2.75) is 6.42 Å². The van der Waals surface area contributed by atoms with Gasteiger partial charge < -0.3 is 0 Å². The topological polar surface area (TPSA) is 17.1 Å². The number of hydrogen-bond donors (Lipinski definition) is 0. The van der Waals surface area contributed by atoms with Crippen LogP contribution in [0.2, 0.25) is 5.02 Å². The van der Waals surface area contributed by atoms with Crippen LogP contribution in [0.25, 0.3) is 11.1 Å². The van der Waals surface area contributed by atoms with Crippen molar-refractivity contribution in [3.63, 3.8) is 0 Å². The zero-order valence-electron chi connectivity index (χ0n) is 9.70. The highest BCUT2D eigenvalue weighted by Crippen LogP contribution is 2.22. The van der Waals surface area contributed by atoms with E-state index in [1.165, 1.54) is 0 Å². The smallest absolute Gasteiger partial charge is 0.164 e. The lowest BCUT2D eigenvalue weighted by Crippen LogP contribution is -1.99. The molecule has 92 valence electrons. The highest BCUT2D eigenvalue weighted by Gasteiger charge is 2.05. The Labute approximate surface area is 116 Å². The number of alkyl halides is 1. The quantitative estimate of drug-likeness (QED) is 0.579. The number of ketones is 1. The second kappa shape index (κ2) is 6.03. The van der Waals surface area contributed by atoms with Crippen molar-refractivity contribution in [2.24, 2.45) is 0 Å². The minimum absolute atomic E-state index is 0.0765. The lowest BCUT2D eigenvalue weighted by molar-refractivity contribution is 0.0989. The molecule has 2 rings (SSSR count). The van der Waals surface area contributed by atoms with E-state index in [2.05, 4.69) is 0 Å². The fraction of sp³-hybridized carbons (Fsp3) is 0.133. The van der Waals surface area contributed by atoms with E-state index in [1.54, 1.807) is 0 Å². The van der Waals surface area contributed by atoms with Gasteiger partial charge in [-0.25, -0.2) is 0 Å². The molecular weight excluding hydrogens is 267 g/mol. The van der Waals surface area contributed by atoms with Gasteiger partial charge in [-0.05, 0) is 23.3 Å². The maximum absolute atomic E-state index is 11.6. The summed E-state index contributed by atoms with van der Waals surface area (Å²) < 4.78 is 0. The number of halogens is 2. The van der Waals surface area contributed by atoms with Crippen LogP contribution in [0.4, 0.5) is 0 Å². The van der Waals surface area contributed by atoms with E-state index in [9.17, 15) is 4.79 Å². The zero-order valence-corrected chi connectivity index (χ0v) is 11.2. The monoisotopic (exact) mass is 278 g/mol. The van der Waals surface area contributed by atoms with Gasteiger partial charge in [-0.15, -0.1) is 11.6 Å². The summed E-state index contributed by atoms with van der Waals surface area (Å²) in [7, 11) is 0. The van der Waals surface area contributed by atoms with Crippen molar-refractivity contribution < 1.29 is 4.79 Å². The van der Waals surface area contributed by atoms with Crippen molar-refractivity contribution in [1.82, 2.24) is 0 Å².